The van der Waals surface area contributed by atoms with Crippen LogP contribution in [0.25, 0.3) is 0 Å². The molecule has 72 valence electrons. The molecule has 0 unspecified atom stereocenters. The first-order chi connectivity index (χ1) is 6.24. The van der Waals surface area contributed by atoms with E-state index in [-0.39, 0.29) is 5.75 Å². The van der Waals surface area contributed by atoms with Gasteiger partial charge in [-0.1, -0.05) is 12.1 Å². The Hall–Kier alpha value is -1.32. The lowest BCUT2D eigenvalue weighted by Crippen LogP contribution is -2.05. The molecule has 0 radical (unpaired) electrons. The van der Waals surface area contributed by atoms with E-state index in [0.717, 1.165) is 0 Å². The van der Waals surface area contributed by atoms with E-state index in [9.17, 15) is 8.78 Å². The van der Waals surface area contributed by atoms with E-state index in [1.54, 1.807) is 18.2 Å². The molecule has 2 nitrogen and oxygen atoms in total. The number of hydrogen-bond donors (Lipinski definition) is 1. The lowest BCUT2D eigenvalue weighted by atomic mass is 10.3. The molecular formula is C9H11F2NO. The third kappa shape index (κ3) is 2.89. The molecule has 4 heteroatoms. The van der Waals surface area contributed by atoms with Crippen molar-refractivity contribution in [3.05, 3.63) is 24.3 Å². The molecule has 0 saturated carbocycles. The second-order valence-corrected chi connectivity index (χ2v) is 2.40. The Kier molecular flexibility index (Phi) is 3.49. The zero-order valence-electron chi connectivity index (χ0n) is 7.26. The Morgan fingerprint density at radius 2 is 2.08 bits per heavy atom. The number of hydrogen-bond acceptors (Lipinski definition) is 2. The lowest BCUT2D eigenvalue weighted by molar-refractivity contribution is -0.0493. The molecule has 0 aliphatic heterocycles. The molecule has 0 aliphatic rings. The average Bonchev–Trinajstić information content (AvgIpc) is 2.08. The zero-order valence-corrected chi connectivity index (χ0v) is 7.26. The van der Waals surface area contributed by atoms with Crippen LogP contribution in [0.5, 0.6) is 5.75 Å². The van der Waals surface area contributed by atoms with Crippen LogP contribution in [0.2, 0.25) is 0 Å². The Balaban J connectivity index is 2.78. The molecule has 0 bridgehead atoms. The van der Waals surface area contributed by atoms with Crippen LogP contribution in [0.3, 0.4) is 0 Å². The highest BCUT2D eigenvalue weighted by Gasteiger charge is 2.07. The molecule has 0 atom stereocenters. The van der Waals surface area contributed by atoms with Crippen LogP contribution < -0.4 is 10.1 Å². The number of nitrogens with one attached hydrogen (secondary N) is 1. The first-order valence-electron chi connectivity index (χ1n) is 4.01. The lowest BCUT2D eigenvalue weighted by Gasteiger charge is -2.10. The summed E-state index contributed by atoms with van der Waals surface area (Å²) < 4.78 is 28.1. The van der Waals surface area contributed by atoms with Crippen LogP contribution in [0.15, 0.2) is 24.3 Å². The van der Waals surface area contributed by atoms with Gasteiger partial charge in [-0.2, -0.15) is 8.78 Å². The summed E-state index contributed by atoms with van der Waals surface area (Å²) in [5.74, 6) is 0.180. The normalized spacial score (nSPS) is 10.2. The topological polar surface area (TPSA) is 21.3 Å². The van der Waals surface area contributed by atoms with Gasteiger partial charge in [-0.15, -0.1) is 0 Å². The minimum Gasteiger partial charge on any atom is -0.433 e. The Bertz CT molecular complexity index is 266. The summed E-state index contributed by atoms with van der Waals surface area (Å²) in [6.07, 6.45) is 0. The first-order valence-corrected chi connectivity index (χ1v) is 4.01. The van der Waals surface area contributed by atoms with Crippen molar-refractivity contribution in [3.63, 3.8) is 0 Å². The minimum atomic E-state index is -2.78. The fourth-order valence-electron chi connectivity index (χ4n) is 1.00. The summed E-state index contributed by atoms with van der Waals surface area (Å²) in [4.78, 5) is 0. The standard InChI is InChI=1S/C9H11F2NO/c1-2-12-7-5-3-4-6-8(7)13-9(10)11/h3-6,9,12H,2H2,1H3. The molecule has 1 N–H and O–H groups in total. The van der Waals surface area contributed by atoms with E-state index in [4.69, 9.17) is 0 Å². The summed E-state index contributed by atoms with van der Waals surface area (Å²) >= 11 is 0. The van der Waals surface area contributed by atoms with Crippen molar-refractivity contribution in [1.29, 1.82) is 0 Å². The number of para-hydroxylation sites is 2. The fraction of sp³-hybridized carbons (Fsp3) is 0.333. The Labute approximate surface area is 75.5 Å². The van der Waals surface area contributed by atoms with Gasteiger partial charge in [0, 0.05) is 6.54 Å². The van der Waals surface area contributed by atoms with Crippen LogP contribution >= 0.6 is 0 Å². The van der Waals surface area contributed by atoms with Crippen molar-refractivity contribution in [2.75, 3.05) is 11.9 Å². The predicted octanol–water partition coefficient (Wildman–Crippen LogP) is 2.72. The molecule has 0 saturated heterocycles. The maximum absolute atomic E-state index is 11.9. The van der Waals surface area contributed by atoms with Gasteiger partial charge in [-0.05, 0) is 19.1 Å². The molecule has 0 heterocycles. The predicted molar refractivity (Wildman–Crippen MR) is 47.2 cm³/mol. The second-order valence-electron chi connectivity index (χ2n) is 2.40. The largest absolute Gasteiger partial charge is 0.433 e. The summed E-state index contributed by atoms with van der Waals surface area (Å²) in [7, 11) is 0. The maximum atomic E-state index is 11.9. The van der Waals surface area contributed by atoms with E-state index in [1.165, 1.54) is 6.07 Å². The van der Waals surface area contributed by atoms with Crippen molar-refractivity contribution < 1.29 is 13.5 Å². The van der Waals surface area contributed by atoms with Crippen molar-refractivity contribution in [1.82, 2.24) is 0 Å². The molecular weight excluding hydrogens is 176 g/mol. The quantitative estimate of drug-likeness (QED) is 0.782. The van der Waals surface area contributed by atoms with Crippen LogP contribution in [0, 0.1) is 0 Å². The molecule has 0 spiro atoms. The monoisotopic (exact) mass is 187 g/mol. The maximum Gasteiger partial charge on any atom is 0.387 e. The first kappa shape index (κ1) is 9.77. The van der Waals surface area contributed by atoms with E-state index in [0.29, 0.717) is 12.2 Å². The number of rotatable bonds is 4. The second kappa shape index (κ2) is 4.64. The third-order valence-corrected chi connectivity index (χ3v) is 1.47. The number of ether oxygens (including phenoxy) is 1. The molecule has 0 aliphatic carbocycles. The van der Waals surface area contributed by atoms with Crippen molar-refractivity contribution in [3.8, 4) is 5.75 Å². The molecule has 13 heavy (non-hydrogen) atoms. The van der Waals surface area contributed by atoms with Crippen LogP contribution in [-0.4, -0.2) is 13.2 Å². The van der Waals surface area contributed by atoms with Gasteiger partial charge in [-0.3, -0.25) is 0 Å². The molecule has 0 amide bonds. The van der Waals surface area contributed by atoms with Gasteiger partial charge >= 0.3 is 6.61 Å². The molecule has 1 aromatic carbocycles. The van der Waals surface area contributed by atoms with Gasteiger partial charge < -0.3 is 10.1 Å². The Morgan fingerprint density at radius 3 is 2.69 bits per heavy atom. The SMILES string of the molecule is CCNc1ccccc1OC(F)F. The third-order valence-electron chi connectivity index (χ3n) is 1.47. The van der Waals surface area contributed by atoms with Gasteiger partial charge in [0.05, 0.1) is 5.69 Å². The van der Waals surface area contributed by atoms with Crippen molar-refractivity contribution in [2.45, 2.75) is 13.5 Å². The summed E-state index contributed by atoms with van der Waals surface area (Å²) in [5, 5.41) is 2.92. The molecule has 0 fully saturated rings. The summed E-state index contributed by atoms with van der Waals surface area (Å²) in [6, 6.07) is 6.61. The highest BCUT2D eigenvalue weighted by molar-refractivity contribution is 5.55. The number of alkyl halides is 2. The van der Waals surface area contributed by atoms with Gasteiger partial charge in [0.1, 0.15) is 5.75 Å². The molecule has 1 aromatic rings. The molecule has 1 rings (SSSR count). The highest BCUT2D eigenvalue weighted by atomic mass is 19.3. The average molecular weight is 187 g/mol. The van der Waals surface area contributed by atoms with Crippen molar-refractivity contribution >= 4 is 5.69 Å². The van der Waals surface area contributed by atoms with Gasteiger partial charge in [0.25, 0.3) is 0 Å². The van der Waals surface area contributed by atoms with Crippen LogP contribution in [0.4, 0.5) is 14.5 Å². The minimum absolute atomic E-state index is 0.180. The highest BCUT2D eigenvalue weighted by Crippen LogP contribution is 2.24. The van der Waals surface area contributed by atoms with E-state index < -0.39 is 6.61 Å². The zero-order chi connectivity index (χ0) is 9.68. The fourth-order valence-corrected chi connectivity index (χ4v) is 1.00. The smallest absolute Gasteiger partial charge is 0.387 e. The summed E-state index contributed by atoms with van der Waals surface area (Å²) in [5.41, 5.74) is 0.588. The molecule has 0 aromatic heterocycles. The number of halogens is 2. The summed E-state index contributed by atoms with van der Waals surface area (Å²) in [6.45, 7) is -0.220. The Morgan fingerprint density at radius 1 is 1.38 bits per heavy atom. The van der Waals surface area contributed by atoms with Gasteiger partial charge in [0.15, 0.2) is 0 Å². The van der Waals surface area contributed by atoms with Crippen LogP contribution in [-0.2, 0) is 0 Å². The van der Waals surface area contributed by atoms with E-state index >= 15 is 0 Å². The van der Waals surface area contributed by atoms with Crippen molar-refractivity contribution in [2.24, 2.45) is 0 Å². The van der Waals surface area contributed by atoms with E-state index in [2.05, 4.69) is 10.1 Å². The van der Waals surface area contributed by atoms with E-state index in [1.807, 2.05) is 6.92 Å². The van der Waals surface area contributed by atoms with Gasteiger partial charge in [0.2, 0.25) is 0 Å². The number of benzene rings is 1. The number of anilines is 1. The van der Waals surface area contributed by atoms with Gasteiger partial charge in [-0.25, -0.2) is 0 Å². The van der Waals surface area contributed by atoms with Crippen LogP contribution in [0.1, 0.15) is 6.92 Å².